The second-order valence-electron chi connectivity index (χ2n) is 3.67. The second kappa shape index (κ2) is 5.55. The van der Waals surface area contributed by atoms with Crippen LogP contribution in [0, 0.1) is 12.8 Å². The molecular weight excluding hydrogens is 278 g/mol. The third-order valence-corrected chi connectivity index (χ3v) is 3.67. The van der Waals surface area contributed by atoms with Crippen LogP contribution in [0.3, 0.4) is 0 Å². The molecule has 0 aliphatic carbocycles. The van der Waals surface area contributed by atoms with Crippen LogP contribution in [0.15, 0.2) is 0 Å². The molecule has 0 bridgehead atoms. The zero-order chi connectivity index (χ0) is 11.4. The van der Waals surface area contributed by atoms with Gasteiger partial charge in [0, 0.05) is 11.4 Å². The molecule has 1 aromatic heterocycles. The van der Waals surface area contributed by atoms with Crippen LogP contribution in [-0.4, -0.2) is 26.9 Å². The van der Waals surface area contributed by atoms with E-state index in [-0.39, 0.29) is 11.9 Å². The van der Waals surface area contributed by atoms with Crippen LogP contribution in [-0.2, 0) is 0 Å². The molecule has 1 heterocycles. The molecule has 1 rings (SSSR count). The zero-order valence-corrected chi connectivity index (χ0v) is 11.4. The summed E-state index contributed by atoms with van der Waals surface area (Å²) in [6.45, 7) is 5.94. The quantitative estimate of drug-likeness (QED) is 0.864. The van der Waals surface area contributed by atoms with Crippen LogP contribution in [0.5, 0.6) is 0 Å². The molecule has 6 heteroatoms. The van der Waals surface area contributed by atoms with Gasteiger partial charge >= 0.3 is 0 Å². The van der Waals surface area contributed by atoms with Crippen LogP contribution in [0.4, 0.5) is 0 Å². The highest BCUT2D eigenvalue weighted by molar-refractivity contribution is 9.09. The molecule has 0 saturated carbocycles. The maximum absolute atomic E-state index is 11.8. The fourth-order valence-corrected chi connectivity index (χ4v) is 2.53. The Hall–Kier alpha value is -0.490. The Labute approximate surface area is 102 Å². The Kier molecular flexibility index (Phi) is 4.66. The summed E-state index contributed by atoms with van der Waals surface area (Å²) in [6.07, 6.45) is 0. The Morgan fingerprint density at radius 1 is 1.60 bits per heavy atom. The Balaban J connectivity index is 2.67. The van der Waals surface area contributed by atoms with Gasteiger partial charge in [0.05, 0.1) is 5.69 Å². The minimum atomic E-state index is -0.0827. The number of hydrogen-bond acceptors (Lipinski definition) is 4. The van der Waals surface area contributed by atoms with E-state index in [1.165, 1.54) is 0 Å². The second-order valence-corrected chi connectivity index (χ2v) is 5.07. The van der Waals surface area contributed by atoms with Gasteiger partial charge in [0.2, 0.25) is 0 Å². The number of halogens is 1. The molecule has 0 aliphatic rings. The molecule has 4 nitrogen and oxygen atoms in total. The molecule has 0 aliphatic heterocycles. The van der Waals surface area contributed by atoms with Crippen molar-refractivity contribution in [3.05, 3.63) is 10.6 Å². The van der Waals surface area contributed by atoms with E-state index < -0.39 is 0 Å². The lowest BCUT2D eigenvalue weighted by Crippen LogP contribution is -2.39. The van der Waals surface area contributed by atoms with Gasteiger partial charge < -0.3 is 5.32 Å². The van der Waals surface area contributed by atoms with E-state index in [1.807, 2.05) is 0 Å². The van der Waals surface area contributed by atoms with E-state index in [0.29, 0.717) is 16.5 Å². The number of carbonyl (C=O) groups is 1. The molecular formula is C9H14BrN3OS. The molecule has 1 N–H and O–H groups in total. The first-order valence-electron chi connectivity index (χ1n) is 4.72. The van der Waals surface area contributed by atoms with E-state index in [2.05, 4.69) is 44.7 Å². The molecule has 15 heavy (non-hydrogen) atoms. The van der Waals surface area contributed by atoms with Crippen molar-refractivity contribution in [1.29, 1.82) is 0 Å². The first-order valence-corrected chi connectivity index (χ1v) is 6.61. The summed E-state index contributed by atoms with van der Waals surface area (Å²) in [6, 6.07) is 0.138. The van der Waals surface area contributed by atoms with Crippen molar-refractivity contribution in [3.8, 4) is 0 Å². The van der Waals surface area contributed by atoms with Crippen LogP contribution in [0.25, 0.3) is 0 Å². The predicted octanol–water partition coefficient (Wildman–Crippen LogP) is 2.00. The monoisotopic (exact) mass is 291 g/mol. The molecule has 0 fully saturated rings. The van der Waals surface area contributed by atoms with Gasteiger partial charge in [0.25, 0.3) is 5.91 Å². The highest BCUT2D eigenvalue weighted by Gasteiger charge is 2.19. The Bertz CT molecular complexity index is 340. The van der Waals surface area contributed by atoms with Crippen LogP contribution in [0.2, 0.25) is 0 Å². The molecule has 0 saturated heterocycles. The minimum Gasteiger partial charge on any atom is -0.347 e. The SMILES string of the molecule is Cc1nnsc1C(=O)NC(CBr)C(C)C. The average Bonchev–Trinajstić information content (AvgIpc) is 2.60. The van der Waals surface area contributed by atoms with Crippen molar-refractivity contribution >= 4 is 33.4 Å². The van der Waals surface area contributed by atoms with Gasteiger partial charge in [-0.05, 0) is 24.4 Å². The maximum Gasteiger partial charge on any atom is 0.265 e. The fourth-order valence-electron chi connectivity index (χ4n) is 1.06. The Morgan fingerprint density at radius 3 is 2.67 bits per heavy atom. The van der Waals surface area contributed by atoms with Gasteiger partial charge in [0.15, 0.2) is 0 Å². The Morgan fingerprint density at radius 2 is 2.27 bits per heavy atom. The fraction of sp³-hybridized carbons (Fsp3) is 0.667. The number of nitrogens with zero attached hydrogens (tertiary/aromatic N) is 2. The maximum atomic E-state index is 11.8. The molecule has 1 aromatic rings. The summed E-state index contributed by atoms with van der Waals surface area (Å²) < 4.78 is 3.74. The number of aromatic nitrogens is 2. The number of rotatable bonds is 4. The molecule has 1 unspecified atom stereocenters. The topological polar surface area (TPSA) is 54.9 Å². The largest absolute Gasteiger partial charge is 0.347 e. The van der Waals surface area contributed by atoms with Gasteiger partial charge in [-0.3, -0.25) is 4.79 Å². The third-order valence-electron chi connectivity index (χ3n) is 2.15. The van der Waals surface area contributed by atoms with Crippen LogP contribution >= 0.6 is 27.5 Å². The third kappa shape index (κ3) is 3.24. The molecule has 1 amide bonds. The molecule has 0 spiro atoms. The van der Waals surface area contributed by atoms with E-state index in [0.717, 1.165) is 16.9 Å². The molecule has 0 aromatic carbocycles. The van der Waals surface area contributed by atoms with Crippen molar-refractivity contribution < 1.29 is 4.79 Å². The zero-order valence-electron chi connectivity index (χ0n) is 8.95. The summed E-state index contributed by atoms with van der Waals surface area (Å²) in [4.78, 5) is 12.4. The summed E-state index contributed by atoms with van der Waals surface area (Å²) in [5, 5.41) is 7.52. The normalized spacial score (nSPS) is 12.9. The lowest BCUT2D eigenvalue weighted by atomic mass is 10.1. The molecule has 0 radical (unpaired) electrons. The van der Waals surface area contributed by atoms with Crippen molar-refractivity contribution in [1.82, 2.24) is 14.9 Å². The molecule has 1 atom stereocenters. The predicted molar refractivity (Wildman–Crippen MR) is 64.5 cm³/mol. The van der Waals surface area contributed by atoms with Crippen molar-refractivity contribution in [2.24, 2.45) is 5.92 Å². The average molecular weight is 292 g/mol. The number of amides is 1. The summed E-state index contributed by atoms with van der Waals surface area (Å²) in [7, 11) is 0. The van der Waals surface area contributed by atoms with E-state index in [9.17, 15) is 4.79 Å². The van der Waals surface area contributed by atoms with Gasteiger partial charge in [0.1, 0.15) is 4.88 Å². The number of nitrogens with one attached hydrogen (secondary N) is 1. The summed E-state index contributed by atoms with van der Waals surface area (Å²) >= 11 is 4.52. The summed E-state index contributed by atoms with van der Waals surface area (Å²) in [5.74, 6) is 0.315. The first kappa shape index (κ1) is 12.6. The van der Waals surface area contributed by atoms with E-state index in [4.69, 9.17) is 0 Å². The van der Waals surface area contributed by atoms with Gasteiger partial charge in [-0.2, -0.15) is 0 Å². The number of hydrogen-bond donors (Lipinski definition) is 1. The van der Waals surface area contributed by atoms with Crippen LogP contribution in [0.1, 0.15) is 29.2 Å². The lowest BCUT2D eigenvalue weighted by Gasteiger charge is -2.19. The smallest absolute Gasteiger partial charge is 0.265 e. The number of alkyl halides is 1. The van der Waals surface area contributed by atoms with E-state index in [1.54, 1.807) is 6.92 Å². The van der Waals surface area contributed by atoms with Crippen LogP contribution < -0.4 is 5.32 Å². The minimum absolute atomic E-state index is 0.0827. The van der Waals surface area contributed by atoms with E-state index >= 15 is 0 Å². The van der Waals surface area contributed by atoms with Crippen molar-refractivity contribution in [2.45, 2.75) is 26.8 Å². The first-order chi connectivity index (χ1) is 7.06. The summed E-state index contributed by atoms with van der Waals surface area (Å²) in [5.41, 5.74) is 0.689. The highest BCUT2D eigenvalue weighted by atomic mass is 79.9. The van der Waals surface area contributed by atoms with Crippen molar-refractivity contribution in [2.75, 3.05) is 5.33 Å². The van der Waals surface area contributed by atoms with Gasteiger partial charge in [-0.15, -0.1) is 5.10 Å². The molecule has 84 valence electrons. The highest BCUT2D eigenvalue weighted by Crippen LogP contribution is 2.11. The standard InChI is InChI=1S/C9H14BrN3OS/c1-5(2)7(4-10)11-9(14)8-6(3)12-13-15-8/h5,7H,4H2,1-3H3,(H,11,14). The van der Waals surface area contributed by atoms with Gasteiger partial charge in [-0.1, -0.05) is 34.3 Å². The van der Waals surface area contributed by atoms with Crippen molar-refractivity contribution in [3.63, 3.8) is 0 Å². The number of carbonyl (C=O) groups excluding carboxylic acids is 1. The number of aryl methyl sites for hydroxylation is 1. The van der Waals surface area contributed by atoms with Gasteiger partial charge in [-0.25, -0.2) is 0 Å². The lowest BCUT2D eigenvalue weighted by molar-refractivity contribution is 0.0935.